The molecule has 6 nitrogen and oxygen atoms in total. The van der Waals surface area contributed by atoms with Crippen molar-refractivity contribution in [2.75, 3.05) is 0 Å². The zero-order chi connectivity index (χ0) is 11.9. The third kappa shape index (κ3) is 1.21. The summed E-state index contributed by atoms with van der Waals surface area (Å²) in [6.07, 6.45) is 6.48. The Hall–Kier alpha value is -1.95. The van der Waals surface area contributed by atoms with E-state index in [1.165, 1.54) is 9.36 Å². The third-order valence-corrected chi connectivity index (χ3v) is 3.23. The summed E-state index contributed by atoms with van der Waals surface area (Å²) >= 11 is 0. The number of aromatic nitrogens is 4. The Morgan fingerprint density at radius 1 is 1.24 bits per heavy atom. The first-order valence-electron chi connectivity index (χ1n) is 5.48. The number of nitrogens with zero attached hydrogens (tertiary/aromatic N) is 4. The monoisotopic (exact) mass is 232 g/mol. The zero-order valence-corrected chi connectivity index (χ0v) is 9.10. The molecule has 3 rings (SSSR count). The molecule has 0 spiro atoms. The summed E-state index contributed by atoms with van der Waals surface area (Å²) in [7, 11) is 0. The number of Topliss-reactive ketones (excluding diaryl/α,β-unsaturated/α-hetero) is 1. The van der Waals surface area contributed by atoms with Crippen molar-refractivity contribution in [1.82, 2.24) is 19.6 Å². The molecule has 0 unspecified atom stereocenters. The first kappa shape index (κ1) is 10.2. The van der Waals surface area contributed by atoms with Crippen LogP contribution >= 0.6 is 0 Å². The number of ketones is 1. The van der Waals surface area contributed by atoms with Crippen molar-refractivity contribution in [2.45, 2.75) is 24.6 Å². The van der Waals surface area contributed by atoms with Crippen LogP contribution in [0.4, 0.5) is 0 Å². The summed E-state index contributed by atoms with van der Waals surface area (Å²) in [5, 5.41) is 18.4. The SMILES string of the molecule is O=C1CC[C@H](O)C1(n1cccn1)n1cccn1. The van der Waals surface area contributed by atoms with Crippen LogP contribution in [0.3, 0.4) is 0 Å². The van der Waals surface area contributed by atoms with Crippen LogP contribution in [-0.4, -0.2) is 36.6 Å². The Balaban J connectivity index is 2.24. The molecule has 2 heterocycles. The minimum absolute atomic E-state index is 0.0719. The first-order chi connectivity index (χ1) is 8.26. The maximum absolute atomic E-state index is 12.2. The van der Waals surface area contributed by atoms with Gasteiger partial charge in [-0.15, -0.1) is 0 Å². The van der Waals surface area contributed by atoms with E-state index in [-0.39, 0.29) is 5.78 Å². The van der Waals surface area contributed by atoms with Gasteiger partial charge in [0.2, 0.25) is 5.66 Å². The van der Waals surface area contributed by atoms with Gasteiger partial charge in [0.25, 0.3) is 0 Å². The van der Waals surface area contributed by atoms with Gasteiger partial charge >= 0.3 is 0 Å². The highest BCUT2D eigenvalue weighted by atomic mass is 16.3. The fraction of sp³-hybridized carbons (Fsp3) is 0.364. The fourth-order valence-corrected chi connectivity index (χ4v) is 2.45. The molecule has 1 atom stereocenters. The summed E-state index contributed by atoms with van der Waals surface area (Å²) in [6, 6.07) is 3.45. The lowest BCUT2D eigenvalue weighted by Gasteiger charge is -2.31. The van der Waals surface area contributed by atoms with E-state index in [1.807, 2.05) is 0 Å². The Morgan fingerprint density at radius 3 is 2.18 bits per heavy atom. The van der Waals surface area contributed by atoms with E-state index in [9.17, 15) is 9.90 Å². The molecule has 1 fully saturated rings. The molecule has 2 aromatic rings. The van der Waals surface area contributed by atoms with E-state index in [2.05, 4.69) is 10.2 Å². The van der Waals surface area contributed by atoms with E-state index in [4.69, 9.17) is 0 Å². The number of rotatable bonds is 2. The molecule has 0 aliphatic heterocycles. The van der Waals surface area contributed by atoms with Crippen LogP contribution in [0.25, 0.3) is 0 Å². The van der Waals surface area contributed by atoms with E-state index in [0.29, 0.717) is 12.8 Å². The molecule has 17 heavy (non-hydrogen) atoms. The van der Waals surface area contributed by atoms with Gasteiger partial charge in [-0.2, -0.15) is 10.2 Å². The average Bonchev–Trinajstić information content (AvgIpc) is 3.01. The van der Waals surface area contributed by atoms with Crippen LogP contribution in [0.15, 0.2) is 36.9 Å². The maximum Gasteiger partial charge on any atom is 0.237 e. The molecule has 0 bridgehead atoms. The maximum atomic E-state index is 12.2. The van der Waals surface area contributed by atoms with Crippen LogP contribution in [0.2, 0.25) is 0 Å². The predicted molar refractivity (Wildman–Crippen MR) is 58.1 cm³/mol. The molecule has 2 aromatic heterocycles. The van der Waals surface area contributed by atoms with Crippen LogP contribution in [-0.2, 0) is 10.5 Å². The average molecular weight is 232 g/mol. The molecular formula is C11H12N4O2. The van der Waals surface area contributed by atoms with Crippen LogP contribution in [0.5, 0.6) is 0 Å². The standard InChI is InChI=1S/C11H12N4O2/c16-9-3-4-10(17)11(9,14-7-1-5-12-14)15-8-2-6-13-15/h1-2,5-9,16H,3-4H2/t9-/m0/s1. The predicted octanol–water partition coefficient (Wildman–Crippen LogP) is 0.00450. The van der Waals surface area contributed by atoms with Crippen molar-refractivity contribution in [3.8, 4) is 0 Å². The summed E-state index contributed by atoms with van der Waals surface area (Å²) in [5.41, 5.74) is -1.22. The number of carbonyl (C=O) groups excluding carboxylic acids is 1. The van der Waals surface area contributed by atoms with Gasteiger partial charge in [0, 0.05) is 31.2 Å². The molecule has 0 saturated heterocycles. The highest BCUT2D eigenvalue weighted by molar-refractivity contribution is 5.89. The van der Waals surface area contributed by atoms with Gasteiger partial charge in [0.15, 0.2) is 5.78 Å². The molecule has 1 N–H and O–H groups in total. The van der Waals surface area contributed by atoms with Crippen molar-refractivity contribution in [1.29, 1.82) is 0 Å². The minimum Gasteiger partial charge on any atom is -0.388 e. The molecule has 0 amide bonds. The van der Waals surface area contributed by atoms with Crippen LogP contribution in [0, 0.1) is 0 Å². The van der Waals surface area contributed by atoms with Crippen LogP contribution in [0.1, 0.15) is 12.8 Å². The number of carbonyl (C=O) groups is 1. The van der Waals surface area contributed by atoms with Gasteiger partial charge < -0.3 is 5.11 Å². The smallest absolute Gasteiger partial charge is 0.237 e. The second-order valence-corrected chi connectivity index (χ2v) is 4.11. The fourth-order valence-electron chi connectivity index (χ4n) is 2.45. The summed E-state index contributed by atoms with van der Waals surface area (Å²) in [4.78, 5) is 12.2. The van der Waals surface area contributed by atoms with E-state index in [0.717, 1.165) is 0 Å². The molecule has 88 valence electrons. The second kappa shape index (κ2) is 3.53. The van der Waals surface area contributed by atoms with Gasteiger partial charge in [-0.3, -0.25) is 4.79 Å². The van der Waals surface area contributed by atoms with E-state index >= 15 is 0 Å². The van der Waals surface area contributed by atoms with Crippen molar-refractivity contribution >= 4 is 5.78 Å². The topological polar surface area (TPSA) is 72.9 Å². The second-order valence-electron chi connectivity index (χ2n) is 4.11. The number of hydrogen-bond acceptors (Lipinski definition) is 4. The van der Waals surface area contributed by atoms with Gasteiger partial charge in [-0.25, -0.2) is 9.36 Å². The van der Waals surface area contributed by atoms with E-state index in [1.54, 1.807) is 36.9 Å². The zero-order valence-electron chi connectivity index (χ0n) is 9.10. The Morgan fingerprint density at radius 2 is 1.82 bits per heavy atom. The molecule has 1 aliphatic rings. The van der Waals surface area contributed by atoms with Gasteiger partial charge in [-0.05, 0) is 18.6 Å². The molecule has 6 heteroatoms. The Kier molecular flexibility index (Phi) is 2.12. The van der Waals surface area contributed by atoms with Crippen molar-refractivity contribution in [3.63, 3.8) is 0 Å². The lowest BCUT2D eigenvalue weighted by Crippen LogP contribution is -2.53. The molecule has 0 radical (unpaired) electrons. The van der Waals surface area contributed by atoms with Crippen molar-refractivity contribution in [2.24, 2.45) is 0 Å². The summed E-state index contributed by atoms with van der Waals surface area (Å²) < 4.78 is 2.97. The largest absolute Gasteiger partial charge is 0.388 e. The van der Waals surface area contributed by atoms with E-state index < -0.39 is 11.8 Å². The van der Waals surface area contributed by atoms with Gasteiger partial charge in [0.05, 0.1) is 0 Å². The van der Waals surface area contributed by atoms with Crippen molar-refractivity contribution < 1.29 is 9.90 Å². The Bertz CT molecular complexity index is 483. The normalized spacial score (nSPS) is 23.1. The number of hydrogen-bond donors (Lipinski definition) is 1. The summed E-state index contributed by atoms with van der Waals surface area (Å²) in [5.74, 6) is -0.0719. The lowest BCUT2D eigenvalue weighted by atomic mass is 10.1. The minimum atomic E-state index is -1.22. The molecule has 0 aromatic carbocycles. The molecular weight excluding hydrogens is 220 g/mol. The highest BCUT2D eigenvalue weighted by Crippen LogP contribution is 2.34. The first-order valence-corrected chi connectivity index (χ1v) is 5.48. The number of aliphatic hydroxyl groups is 1. The highest BCUT2D eigenvalue weighted by Gasteiger charge is 2.53. The quantitative estimate of drug-likeness (QED) is 0.791. The number of aliphatic hydroxyl groups excluding tert-OH is 1. The van der Waals surface area contributed by atoms with Crippen molar-refractivity contribution in [3.05, 3.63) is 36.9 Å². The molecule has 1 aliphatic carbocycles. The summed E-state index contributed by atoms with van der Waals surface area (Å²) in [6.45, 7) is 0. The van der Waals surface area contributed by atoms with Crippen LogP contribution < -0.4 is 0 Å². The van der Waals surface area contributed by atoms with Gasteiger partial charge in [0.1, 0.15) is 6.10 Å². The Labute approximate surface area is 97.5 Å². The molecule has 1 saturated carbocycles. The lowest BCUT2D eigenvalue weighted by molar-refractivity contribution is -0.131. The third-order valence-electron chi connectivity index (χ3n) is 3.23. The van der Waals surface area contributed by atoms with Gasteiger partial charge in [-0.1, -0.05) is 0 Å².